The van der Waals surface area contributed by atoms with Gasteiger partial charge in [0.2, 0.25) is 0 Å². The Balaban J connectivity index is 1.16. The first-order chi connectivity index (χ1) is 26.8. The van der Waals surface area contributed by atoms with Crippen LogP contribution in [-0.2, 0) is 10.8 Å². The average Bonchev–Trinajstić information content (AvgIpc) is 3.79. The van der Waals surface area contributed by atoms with Crippen molar-refractivity contribution in [2.45, 2.75) is 38.5 Å². The molecule has 0 saturated heterocycles. The molecule has 0 fully saturated rings. The van der Waals surface area contributed by atoms with Gasteiger partial charge in [0.1, 0.15) is 11.2 Å². The molecule has 260 valence electrons. The van der Waals surface area contributed by atoms with E-state index in [9.17, 15) is 0 Å². The fourth-order valence-corrected chi connectivity index (χ4v) is 10.8. The largest absolute Gasteiger partial charge is 0.455 e. The van der Waals surface area contributed by atoms with Gasteiger partial charge < -0.3 is 4.42 Å². The lowest BCUT2D eigenvalue weighted by Gasteiger charge is -2.31. The molecule has 2 aliphatic carbocycles. The third-order valence-electron chi connectivity index (χ3n) is 13.2. The molecule has 0 bridgehead atoms. The van der Waals surface area contributed by atoms with Crippen molar-refractivity contribution < 1.29 is 4.42 Å². The van der Waals surface area contributed by atoms with Crippen LogP contribution in [0.5, 0.6) is 0 Å². The fraction of sp³-hybridized carbons (Fsp3) is 0.111. The van der Waals surface area contributed by atoms with Crippen LogP contribution in [0.2, 0.25) is 0 Å². The van der Waals surface area contributed by atoms with E-state index in [4.69, 9.17) is 4.42 Å². The number of rotatable bonds is 2. The van der Waals surface area contributed by atoms with Crippen molar-refractivity contribution in [1.82, 2.24) is 0 Å². The summed E-state index contributed by atoms with van der Waals surface area (Å²) < 4.78 is 6.91. The molecule has 55 heavy (non-hydrogen) atoms. The highest BCUT2D eigenvalue weighted by Gasteiger charge is 2.48. The highest BCUT2D eigenvalue weighted by Crippen LogP contribution is 2.63. The molecule has 0 saturated carbocycles. The summed E-state index contributed by atoms with van der Waals surface area (Å²) in [5.74, 6) is 0. The summed E-state index contributed by atoms with van der Waals surface area (Å²) >= 11 is 0. The number of fused-ring (bicyclic) bond motifs is 15. The van der Waals surface area contributed by atoms with Gasteiger partial charge in [-0.2, -0.15) is 0 Å². The molecule has 1 aromatic heterocycles. The Morgan fingerprint density at radius 1 is 0.382 bits per heavy atom. The summed E-state index contributed by atoms with van der Waals surface area (Å²) in [4.78, 5) is 0. The third kappa shape index (κ3) is 3.93. The van der Waals surface area contributed by atoms with E-state index in [0.717, 1.165) is 11.2 Å². The first-order valence-corrected chi connectivity index (χ1v) is 19.5. The molecule has 0 atom stereocenters. The third-order valence-corrected chi connectivity index (χ3v) is 13.2. The number of para-hydroxylation sites is 1. The second kappa shape index (κ2) is 10.6. The Bertz CT molecular complexity index is 3260. The quantitative estimate of drug-likeness (QED) is 0.163. The minimum Gasteiger partial charge on any atom is -0.455 e. The molecule has 1 nitrogen and oxygen atoms in total. The summed E-state index contributed by atoms with van der Waals surface area (Å²) in [6.07, 6.45) is 0. The van der Waals surface area contributed by atoms with E-state index in [0.29, 0.717) is 0 Å². The maximum Gasteiger partial charge on any atom is 0.144 e. The van der Waals surface area contributed by atoms with Crippen LogP contribution in [0.15, 0.2) is 162 Å². The molecule has 9 aromatic carbocycles. The predicted octanol–water partition coefficient (Wildman–Crippen LogP) is 15.0. The highest BCUT2D eigenvalue weighted by molar-refractivity contribution is 6.23. The summed E-state index contributed by atoms with van der Waals surface area (Å²) in [6, 6.07) is 58.5. The van der Waals surface area contributed by atoms with E-state index < -0.39 is 0 Å². The second-order valence-electron chi connectivity index (χ2n) is 16.8. The topological polar surface area (TPSA) is 13.1 Å². The number of hydrogen-bond acceptors (Lipinski definition) is 1. The zero-order chi connectivity index (χ0) is 36.8. The van der Waals surface area contributed by atoms with Gasteiger partial charge >= 0.3 is 0 Å². The molecule has 1 heteroatoms. The van der Waals surface area contributed by atoms with Gasteiger partial charge in [0.15, 0.2) is 0 Å². The zero-order valence-corrected chi connectivity index (χ0v) is 31.4. The van der Waals surface area contributed by atoms with E-state index in [2.05, 4.69) is 185 Å². The van der Waals surface area contributed by atoms with Crippen molar-refractivity contribution in [2.24, 2.45) is 0 Å². The van der Waals surface area contributed by atoms with Gasteiger partial charge in [-0.15, -0.1) is 0 Å². The van der Waals surface area contributed by atoms with Crippen LogP contribution in [0.1, 0.15) is 49.9 Å². The van der Waals surface area contributed by atoms with E-state index in [1.165, 1.54) is 110 Å². The van der Waals surface area contributed by atoms with Gasteiger partial charge in [-0.3, -0.25) is 0 Å². The Morgan fingerprint density at radius 2 is 0.891 bits per heavy atom. The molecular formula is C54H38O. The lowest BCUT2D eigenvalue weighted by atomic mass is 9.72. The maximum atomic E-state index is 6.91. The van der Waals surface area contributed by atoms with Gasteiger partial charge in [0, 0.05) is 27.2 Å². The molecule has 0 radical (unpaired) electrons. The summed E-state index contributed by atoms with van der Waals surface area (Å²) in [5, 5.41) is 10.1. The van der Waals surface area contributed by atoms with Crippen molar-refractivity contribution in [3.8, 4) is 44.5 Å². The minimum absolute atomic E-state index is 0.184. The van der Waals surface area contributed by atoms with Crippen LogP contribution in [0, 0.1) is 0 Å². The van der Waals surface area contributed by atoms with Gasteiger partial charge in [-0.25, -0.2) is 0 Å². The standard InChI is InChI=1S/C54H38O/c1-53(2)42-23-13-11-21-39(42)49-51(53)50-47(48-41-22-12-14-24-44(41)55-52(48)49)40-28-27-34(30-43(40)54(50,3)4)46-37-19-9-7-17-35(37)45(36-18-8-10-20-38(36)46)33-26-25-31-15-5-6-16-32(31)29-33/h5-30H,1-4H3. The molecule has 10 aromatic rings. The Hall–Kier alpha value is -6.44. The number of furan rings is 1. The van der Waals surface area contributed by atoms with Gasteiger partial charge in [-0.1, -0.05) is 167 Å². The number of hydrogen-bond donors (Lipinski definition) is 0. The van der Waals surface area contributed by atoms with E-state index in [1.54, 1.807) is 0 Å². The summed E-state index contributed by atoms with van der Waals surface area (Å²) in [7, 11) is 0. The molecule has 12 rings (SSSR count). The van der Waals surface area contributed by atoms with Gasteiger partial charge in [-0.05, 0) is 112 Å². The van der Waals surface area contributed by atoms with Gasteiger partial charge in [0.25, 0.3) is 0 Å². The van der Waals surface area contributed by atoms with Crippen LogP contribution in [0.3, 0.4) is 0 Å². The minimum atomic E-state index is -0.257. The highest BCUT2D eigenvalue weighted by atomic mass is 16.3. The lowest BCUT2D eigenvalue weighted by molar-refractivity contribution is 0.600. The molecular weight excluding hydrogens is 665 g/mol. The monoisotopic (exact) mass is 702 g/mol. The van der Waals surface area contributed by atoms with Crippen LogP contribution in [-0.4, -0.2) is 0 Å². The first-order valence-electron chi connectivity index (χ1n) is 19.5. The molecule has 2 aliphatic rings. The molecule has 0 spiro atoms. The van der Waals surface area contributed by atoms with Crippen LogP contribution in [0.4, 0.5) is 0 Å². The van der Waals surface area contributed by atoms with Gasteiger partial charge in [0.05, 0.1) is 0 Å². The fourth-order valence-electron chi connectivity index (χ4n) is 10.8. The molecule has 0 unspecified atom stereocenters. The van der Waals surface area contributed by atoms with Crippen LogP contribution < -0.4 is 0 Å². The molecule has 0 amide bonds. The molecule has 0 aliphatic heterocycles. The normalized spacial score (nSPS) is 14.8. The first kappa shape index (κ1) is 31.0. The smallest absolute Gasteiger partial charge is 0.144 e. The van der Waals surface area contributed by atoms with Crippen molar-refractivity contribution in [3.63, 3.8) is 0 Å². The van der Waals surface area contributed by atoms with Crippen LogP contribution >= 0.6 is 0 Å². The second-order valence-corrected chi connectivity index (χ2v) is 16.8. The van der Waals surface area contributed by atoms with E-state index >= 15 is 0 Å². The van der Waals surface area contributed by atoms with E-state index in [-0.39, 0.29) is 10.8 Å². The predicted molar refractivity (Wildman–Crippen MR) is 232 cm³/mol. The van der Waals surface area contributed by atoms with Crippen molar-refractivity contribution >= 4 is 54.3 Å². The van der Waals surface area contributed by atoms with Crippen molar-refractivity contribution in [2.75, 3.05) is 0 Å². The Labute approximate surface area is 320 Å². The Kier molecular flexibility index (Phi) is 5.98. The maximum absolute atomic E-state index is 6.91. The SMILES string of the molecule is CC1(C)c2ccccc2-c2c1c1c(c3c2oc2ccccc23)-c2ccc(-c3c4ccccc4c(-c4ccc5ccccc5c4)c4ccccc34)cc2C1(C)C. The van der Waals surface area contributed by atoms with Crippen molar-refractivity contribution in [1.29, 1.82) is 0 Å². The average molecular weight is 703 g/mol. The zero-order valence-electron chi connectivity index (χ0n) is 31.4. The van der Waals surface area contributed by atoms with Crippen LogP contribution in [0.25, 0.3) is 98.8 Å². The van der Waals surface area contributed by atoms with Crippen molar-refractivity contribution in [3.05, 3.63) is 180 Å². The Morgan fingerprint density at radius 3 is 1.60 bits per heavy atom. The molecule has 0 N–H and O–H groups in total. The summed E-state index contributed by atoms with van der Waals surface area (Å²) in [5.41, 5.74) is 17.4. The molecule has 1 heterocycles. The number of benzene rings is 9. The summed E-state index contributed by atoms with van der Waals surface area (Å²) in [6.45, 7) is 9.72. The lowest BCUT2D eigenvalue weighted by Crippen LogP contribution is -2.24. The van der Waals surface area contributed by atoms with E-state index in [1.807, 2.05) is 0 Å².